The second kappa shape index (κ2) is 8.77. The molecule has 2 aromatic carbocycles. The van der Waals surface area contributed by atoms with Crippen LogP contribution in [0.2, 0.25) is 0 Å². The van der Waals surface area contributed by atoms with Crippen LogP contribution in [0.5, 0.6) is 5.75 Å². The number of carbonyl (C=O) groups is 2. The lowest BCUT2D eigenvalue weighted by atomic mass is 9.76. The van der Waals surface area contributed by atoms with Gasteiger partial charge in [0.2, 0.25) is 5.91 Å². The van der Waals surface area contributed by atoms with E-state index in [1.54, 1.807) is 12.1 Å². The molecule has 2 N–H and O–H groups in total. The van der Waals surface area contributed by atoms with E-state index in [1.165, 1.54) is 23.1 Å². The Balaban J connectivity index is 1.72. The average molecular weight is 420 g/mol. The van der Waals surface area contributed by atoms with Crippen molar-refractivity contribution in [3.8, 4) is 5.75 Å². The number of amides is 2. The molecular formula is C22H23F3N2O3. The van der Waals surface area contributed by atoms with E-state index < -0.39 is 29.0 Å². The summed E-state index contributed by atoms with van der Waals surface area (Å²) in [6.07, 6.45) is -3.71. The van der Waals surface area contributed by atoms with Gasteiger partial charge in [0.15, 0.2) is 0 Å². The molecule has 1 heterocycles. The number of para-hydroxylation sites is 1. The molecule has 0 radical (unpaired) electrons. The Kier molecular flexibility index (Phi) is 6.34. The maximum atomic E-state index is 13.3. The van der Waals surface area contributed by atoms with Crippen LogP contribution in [0, 0.1) is 5.41 Å². The zero-order valence-corrected chi connectivity index (χ0v) is 16.3. The Hall–Kier alpha value is -3.03. The van der Waals surface area contributed by atoms with Gasteiger partial charge in [0.05, 0.1) is 17.7 Å². The van der Waals surface area contributed by atoms with Crippen LogP contribution in [-0.2, 0) is 11.0 Å². The van der Waals surface area contributed by atoms with E-state index in [9.17, 15) is 22.8 Å². The lowest BCUT2D eigenvalue weighted by molar-refractivity contribution is -0.138. The summed E-state index contributed by atoms with van der Waals surface area (Å²) in [5.74, 6) is -0.493. The smallest absolute Gasteiger partial charge is 0.417 e. The number of likely N-dealkylation sites (tertiary alicyclic amines) is 1. The van der Waals surface area contributed by atoms with Gasteiger partial charge in [-0.15, -0.1) is 0 Å². The molecule has 0 atom stereocenters. The van der Waals surface area contributed by atoms with Gasteiger partial charge in [-0.05, 0) is 37.1 Å². The molecule has 1 saturated heterocycles. The predicted octanol–water partition coefficient (Wildman–Crippen LogP) is 3.88. The van der Waals surface area contributed by atoms with Gasteiger partial charge in [-0.1, -0.05) is 30.3 Å². The third kappa shape index (κ3) is 5.11. The van der Waals surface area contributed by atoms with Crippen molar-refractivity contribution in [2.75, 3.05) is 19.7 Å². The molecule has 1 aliphatic heterocycles. The first-order valence-corrected chi connectivity index (χ1v) is 9.62. The second-order valence-corrected chi connectivity index (χ2v) is 7.58. The van der Waals surface area contributed by atoms with E-state index in [0.717, 1.165) is 6.07 Å². The van der Waals surface area contributed by atoms with Crippen LogP contribution in [0.1, 0.15) is 35.2 Å². The number of benzene rings is 2. The number of carbonyl (C=O) groups excluding carboxylic acids is 2. The van der Waals surface area contributed by atoms with Gasteiger partial charge in [0.1, 0.15) is 5.75 Å². The largest absolute Gasteiger partial charge is 0.493 e. The molecular weight excluding hydrogens is 397 g/mol. The van der Waals surface area contributed by atoms with Crippen molar-refractivity contribution in [1.82, 2.24) is 4.90 Å². The van der Waals surface area contributed by atoms with Crippen molar-refractivity contribution in [2.45, 2.75) is 25.4 Å². The van der Waals surface area contributed by atoms with Gasteiger partial charge in [0.25, 0.3) is 5.91 Å². The van der Waals surface area contributed by atoms with E-state index in [1.807, 2.05) is 18.2 Å². The maximum absolute atomic E-state index is 13.3. The number of ether oxygens (including phenoxy) is 1. The fraction of sp³-hybridized carbons (Fsp3) is 0.364. The third-order valence-corrected chi connectivity index (χ3v) is 5.41. The Morgan fingerprint density at radius 2 is 1.60 bits per heavy atom. The number of nitrogens with zero attached hydrogens (tertiary/aromatic N) is 1. The van der Waals surface area contributed by atoms with Crippen molar-refractivity contribution >= 4 is 11.8 Å². The first kappa shape index (κ1) is 21.7. The molecule has 3 rings (SSSR count). The summed E-state index contributed by atoms with van der Waals surface area (Å²) in [6, 6.07) is 13.9. The van der Waals surface area contributed by atoms with Crippen LogP contribution < -0.4 is 10.5 Å². The molecule has 1 aliphatic rings. The minimum absolute atomic E-state index is 0.0843. The van der Waals surface area contributed by atoms with Crippen molar-refractivity contribution < 1.29 is 27.5 Å². The first-order valence-electron chi connectivity index (χ1n) is 9.62. The van der Waals surface area contributed by atoms with Crippen molar-refractivity contribution in [3.63, 3.8) is 0 Å². The molecule has 0 unspecified atom stereocenters. The highest BCUT2D eigenvalue weighted by Gasteiger charge is 2.40. The van der Waals surface area contributed by atoms with E-state index in [0.29, 0.717) is 18.6 Å². The highest BCUT2D eigenvalue weighted by atomic mass is 19.4. The van der Waals surface area contributed by atoms with E-state index in [-0.39, 0.29) is 31.7 Å². The molecule has 160 valence electrons. The van der Waals surface area contributed by atoms with Crippen molar-refractivity contribution in [1.29, 1.82) is 0 Å². The Morgan fingerprint density at radius 3 is 2.20 bits per heavy atom. The van der Waals surface area contributed by atoms with Crippen LogP contribution in [0.25, 0.3) is 0 Å². The van der Waals surface area contributed by atoms with Crippen LogP contribution in [-0.4, -0.2) is 36.4 Å². The summed E-state index contributed by atoms with van der Waals surface area (Å²) in [5, 5.41) is 0. The van der Waals surface area contributed by atoms with E-state index >= 15 is 0 Å². The predicted molar refractivity (Wildman–Crippen MR) is 105 cm³/mol. The molecule has 30 heavy (non-hydrogen) atoms. The normalized spacial score (nSPS) is 16.2. The number of rotatable bonds is 6. The van der Waals surface area contributed by atoms with Crippen molar-refractivity contribution in [3.05, 3.63) is 65.7 Å². The van der Waals surface area contributed by atoms with Gasteiger partial charge in [0, 0.05) is 24.9 Å². The molecule has 0 aromatic heterocycles. The number of alkyl halides is 3. The SMILES string of the molecule is NC(=O)CC1(COc2ccccc2)CCN(C(=O)c2ccccc2C(F)(F)F)CC1. The van der Waals surface area contributed by atoms with Crippen molar-refractivity contribution in [2.24, 2.45) is 11.1 Å². The number of piperidine rings is 1. The maximum Gasteiger partial charge on any atom is 0.417 e. The Labute approximate surface area is 172 Å². The summed E-state index contributed by atoms with van der Waals surface area (Å²) < 4.78 is 45.6. The molecule has 1 fully saturated rings. The number of primary amides is 1. The summed E-state index contributed by atoms with van der Waals surface area (Å²) in [5.41, 5.74) is 3.55. The van der Waals surface area contributed by atoms with Gasteiger partial charge in [-0.2, -0.15) is 13.2 Å². The fourth-order valence-electron chi connectivity index (χ4n) is 3.77. The molecule has 0 bridgehead atoms. The summed E-state index contributed by atoms with van der Waals surface area (Å²) in [6.45, 7) is 0.675. The van der Waals surface area contributed by atoms with Gasteiger partial charge >= 0.3 is 6.18 Å². The zero-order chi connectivity index (χ0) is 21.8. The lowest BCUT2D eigenvalue weighted by Gasteiger charge is -2.41. The molecule has 8 heteroatoms. The standard InChI is InChI=1S/C22H23F3N2O3/c23-22(24,25)18-9-5-4-8-17(18)20(29)27-12-10-21(11-13-27,14-19(26)28)15-30-16-6-2-1-3-7-16/h1-9H,10-15H2,(H2,26,28). The average Bonchev–Trinajstić information content (AvgIpc) is 2.72. The molecule has 0 aliphatic carbocycles. The summed E-state index contributed by atoms with van der Waals surface area (Å²) in [7, 11) is 0. The molecule has 2 aromatic rings. The number of nitrogens with two attached hydrogens (primary N) is 1. The summed E-state index contributed by atoms with van der Waals surface area (Å²) >= 11 is 0. The van der Waals surface area contributed by atoms with Crippen LogP contribution in [0.4, 0.5) is 13.2 Å². The Bertz CT molecular complexity index is 892. The van der Waals surface area contributed by atoms with Gasteiger partial charge in [-0.25, -0.2) is 0 Å². The van der Waals surface area contributed by atoms with Crippen LogP contribution in [0.3, 0.4) is 0 Å². The van der Waals surface area contributed by atoms with E-state index in [2.05, 4.69) is 0 Å². The monoisotopic (exact) mass is 420 g/mol. The van der Waals surface area contributed by atoms with E-state index in [4.69, 9.17) is 10.5 Å². The van der Waals surface area contributed by atoms with Gasteiger partial charge in [-0.3, -0.25) is 9.59 Å². The minimum Gasteiger partial charge on any atom is -0.493 e. The summed E-state index contributed by atoms with van der Waals surface area (Å²) in [4.78, 5) is 25.8. The van der Waals surface area contributed by atoms with Crippen LogP contribution >= 0.6 is 0 Å². The molecule has 2 amide bonds. The Morgan fingerprint density at radius 1 is 1.00 bits per heavy atom. The second-order valence-electron chi connectivity index (χ2n) is 7.58. The quantitative estimate of drug-likeness (QED) is 0.771. The molecule has 5 nitrogen and oxygen atoms in total. The third-order valence-electron chi connectivity index (χ3n) is 5.41. The lowest BCUT2D eigenvalue weighted by Crippen LogP contribution is -2.47. The number of hydrogen-bond acceptors (Lipinski definition) is 3. The molecule has 0 spiro atoms. The molecule has 0 saturated carbocycles. The highest BCUT2D eigenvalue weighted by Crippen LogP contribution is 2.37. The van der Waals surface area contributed by atoms with Gasteiger partial charge < -0.3 is 15.4 Å². The topological polar surface area (TPSA) is 72.6 Å². The highest BCUT2D eigenvalue weighted by molar-refractivity contribution is 5.96. The minimum atomic E-state index is -4.61. The number of hydrogen-bond donors (Lipinski definition) is 1. The number of halogens is 3. The first-order chi connectivity index (χ1) is 14.2. The fourth-order valence-corrected chi connectivity index (χ4v) is 3.77. The zero-order valence-electron chi connectivity index (χ0n) is 16.3. The van der Waals surface area contributed by atoms with Crippen LogP contribution in [0.15, 0.2) is 54.6 Å².